The van der Waals surface area contributed by atoms with Gasteiger partial charge in [0.25, 0.3) is 0 Å². The Hall–Kier alpha value is -3.36. The summed E-state index contributed by atoms with van der Waals surface area (Å²) in [6, 6.07) is 12.8. The molecule has 0 unspecified atom stereocenters. The minimum Gasteiger partial charge on any atom is -0.485 e. The van der Waals surface area contributed by atoms with Crippen LogP contribution in [0.2, 0.25) is 0 Å². The van der Waals surface area contributed by atoms with E-state index in [1.807, 2.05) is 0 Å². The maximum absolute atomic E-state index is 13.9. The van der Waals surface area contributed by atoms with Crippen LogP contribution in [0.25, 0.3) is 5.65 Å². The minimum atomic E-state index is -0.976. The number of carbonyl (C=O) groups is 1. The quantitative estimate of drug-likeness (QED) is 0.335. The van der Waals surface area contributed by atoms with E-state index in [0.29, 0.717) is 28.3 Å². The van der Waals surface area contributed by atoms with Crippen LogP contribution in [-0.4, -0.2) is 26.9 Å². The molecule has 0 aliphatic rings. The van der Waals surface area contributed by atoms with E-state index < -0.39 is 23.4 Å². The Kier molecular flexibility index (Phi) is 7.96. The number of aliphatic hydroxyl groups is 1. The third-order valence-corrected chi connectivity index (χ3v) is 5.46. The van der Waals surface area contributed by atoms with Crippen LogP contribution in [0.4, 0.5) is 13.2 Å². The molecular formula is C25H22ClF3N2O3. The first-order valence-electron chi connectivity index (χ1n) is 10.3. The van der Waals surface area contributed by atoms with E-state index >= 15 is 0 Å². The Balaban J connectivity index is 0.00000324. The predicted molar refractivity (Wildman–Crippen MR) is 123 cm³/mol. The molecule has 0 aliphatic carbocycles. The van der Waals surface area contributed by atoms with Crippen molar-refractivity contribution in [3.8, 4) is 5.75 Å². The molecule has 5 nitrogen and oxygen atoms in total. The molecule has 0 amide bonds. The van der Waals surface area contributed by atoms with Crippen LogP contribution in [0, 0.1) is 24.4 Å². The molecule has 0 saturated heterocycles. The zero-order valence-corrected chi connectivity index (χ0v) is 19.0. The van der Waals surface area contributed by atoms with Crippen LogP contribution in [0.1, 0.15) is 39.6 Å². The third kappa shape index (κ3) is 5.08. The van der Waals surface area contributed by atoms with E-state index in [2.05, 4.69) is 4.98 Å². The van der Waals surface area contributed by atoms with Gasteiger partial charge in [0.05, 0.1) is 12.3 Å². The number of benzene rings is 2. The molecule has 4 rings (SSSR count). The van der Waals surface area contributed by atoms with E-state index in [1.54, 1.807) is 41.8 Å². The molecule has 2 aromatic carbocycles. The van der Waals surface area contributed by atoms with Crippen LogP contribution in [0.5, 0.6) is 5.75 Å². The van der Waals surface area contributed by atoms with Gasteiger partial charge in [0.2, 0.25) is 0 Å². The number of ether oxygens (including phenoxy) is 1. The average Bonchev–Trinajstić information content (AvgIpc) is 3.15. The molecule has 9 heteroatoms. The van der Waals surface area contributed by atoms with Crippen molar-refractivity contribution in [3.63, 3.8) is 0 Å². The molecule has 0 spiro atoms. The summed E-state index contributed by atoms with van der Waals surface area (Å²) < 4.78 is 47.9. The normalized spacial score (nSPS) is 11.8. The number of hydrogen-bond acceptors (Lipinski definition) is 4. The highest BCUT2D eigenvalue weighted by Gasteiger charge is 2.23. The topological polar surface area (TPSA) is 63.8 Å². The van der Waals surface area contributed by atoms with Gasteiger partial charge in [-0.2, -0.15) is 0 Å². The van der Waals surface area contributed by atoms with Crippen LogP contribution in [0.3, 0.4) is 0 Å². The van der Waals surface area contributed by atoms with Gasteiger partial charge >= 0.3 is 0 Å². The number of nitrogens with zero attached hydrogens (tertiary/aromatic N) is 2. The first kappa shape index (κ1) is 25.3. The third-order valence-electron chi connectivity index (χ3n) is 5.46. The summed E-state index contributed by atoms with van der Waals surface area (Å²) in [5.74, 6) is -2.78. The number of halogens is 4. The fraction of sp³-hybridized carbons (Fsp3) is 0.200. The zero-order chi connectivity index (χ0) is 23.5. The van der Waals surface area contributed by atoms with Crippen molar-refractivity contribution in [3.05, 3.63) is 101 Å². The van der Waals surface area contributed by atoms with E-state index in [1.165, 1.54) is 24.3 Å². The molecular weight excluding hydrogens is 469 g/mol. The monoisotopic (exact) mass is 490 g/mol. The van der Waals surface area contributed by atoms with Crippen molar-refractivity contribution in [2.75, 3.05) is 6.61 Å². The predicted octanol–water partition coefficient (Wildman–Crippen LogP) is 5.41. The first-order chi connectivity index (χ1) is 15.9. The van der Waals surface area contributed by atoms with Gasteiger partial charge in [-0.15, -0.1) is 12.4 Å². The summed E-state index contributed by atoms with van der Waals surface area (Å²) in [5, 5.41) is 9.80. The van der Waals surface area contributed by atoms with Crippen molar-refractivity contribution in [2.45, 2.75) is 25.9 Å². The number of hydrogen-bond donors (Lipinski definition) is 1. The van der Waals surface area contributed by atoms with Crippen LogP contribution in [-0.2, 0) is 6.61 Å². The minimum absolute atomic E-state index is 0. The van der Waals surface area contributed by atoms with E-state index in [4.69, 9.17) is 4.74 Å². The Bertz CT molecular complexity index is 1310. The second-order valence-corrected chi connectivity index (χ2v) is 7.67. The number of aromatic nitrogens is 2. The lowest BCUT2D eigenvalue weighted by atomic mass is 9.93. The Morgan fingerprint density at radius 2 is 1.82 bits per heavy atom. The molecule has 2 heterocycles. The summed E-state index contributed by atoms with van der Waals surface area (Å²) in [4.78, 5) is 17.6. The molecule has 0 bridgehead atoms. The molecule has 0 radical (unpaired) electrons. The smallest absolute Gasteiger partial charge is 0.182 e. The Morgan fingerprint density at radius 3 is 2.53 bits per heavy atom. The number of carbonyl (C=O) groups excluding carboxylic acids is 1. The zero-order valence-electron chi connectivity index (χ0n) is 18.2. The molecule has 1 N–H and O–H groups in total. The maximum Gasteiger partial charge on any atom is 0.182 e. The van der Waals surface area contributed by atoms with E-state index in [-0.39, 0.29) is 43.4 Å². The molecule has 178 valence electrons. The molecule has 2 aromatic heterocycles. The van der Waals surface area contributed by atoms with Gasteiger partial charge in [0, 0.05) is 24.1 Å². The van der Waals surface area contributed by atoms with Gasteiger partial charge in [-0.05, 0) is 42.8 Å². The molecule has 0 fully saturated rings. The van der Waals surface area contributed by atoms with Gasteiger partial charge in [-0.3, -0.25) is 9.20 Å². The highest BCUT2D eigenvalue weighted by molar-refractivity contribution is 5.97. The summed E-state index contributed by atoms with van der Waals surface area (Å²) in [7, 11) is 0. The summed E-state index contributed by atoms with van der Waals surface area (Å²) in [6.45, 7) is 1.19. The van der Waals surface area contributed by atoms with Crippen molar-refractivity contribution < 1.29 is 27.8 Å². The van der Waals surface area contributed by atoms with Crippen molar-refractivity contribution in [2.24, 2.45) is 0 Å². The lowest BCUT2D eigenvalue weighted by molar-refractivity contribution is 0.0953. The molecule has 4 aromatic rings. The van der Waals surface area contributed by atoms with Crippen molar-refractivity contribution in [1.29, 1.82) is 0 Å². The molecule has 0 aliphatic heterocycles. The van der Waals surface area contributed by atoms with E-state index in [9.17, 15) is 23.1 Å². The number of fused-ring (bicyclic) bond motifs is 1. The molecule has 0 saturated carbocycles. The van der Waals surface area contributed by atoms with Gasteiger partial charge in [0.1, 0.15) is 18.1 Å². The number of imidazole rings is 1. The highest BCUT2D eigenvalue weighted by Crippen LogP contribution is 2.27. The van der Waals surface area contributed by atoms with E-state index in [0.717, 1.165) is 6.07 Å². The van der Waals surface area contributed by atoms with Crippen molar-refractivity contribution >= 4 is 23.8 Å². The molecule has 34 heavy (non-hydrogen) atoms. The first-order valence-corrected chi connectivity index (χ1v) is 10.3. The number of aryl methyl sites for hydroxylation is 1. The maximum atomic E-state index is 13.9. The largest absolute Gasteiger partial charge is 0.485 e. The number of ketones is 1. The lowest BCUT2D eigenvalue weighted by Crippen LogP contribution is -2.14. The summed E-state index contributed by atoms with van der Waals surface area (Å²) in [5.41, 5.74) is 1.86. The number of aliphatic hydroxyl groups excluding tert-OH is 1. The summed E-state index contributed by atoms with van der Waals surface area (Å²) in [6.07, 6.45) is 1.65. The van der Waals surface area contributed by atoms with Crippen molar-refractivity contribution in [1.82, 2.24) is 9.38 Å². The second-order valence-electron chi connectivity index (χ2n) is 7.67. The molecule has 1 atom stereocenters. The SMILES string of the molecule is Cc1nc2c(OCc3cccc(F)c3F)cccn2c1C(=O)C[C@@H](CO)c1ccc(F)cc1.Cl. The fourth-order valence-corrected chi connectivity index (χ4v) is 3.76. The number of pyridine rings is 1. The summed E-state index contributed by atoms with van der Waals surface area (Å²) >= 11 is 0. The second kappa shape index (κ2) is 10.7. The average molecular weight is 491 g/mol. The van der Waals surface area contributed by atoms with Gasteiger partial charge < -0.3 is 9.84 Å². The highest BCUT2D eigenvalue weighted by atomic mass is 35.5. The Labute approximate surface area is 200 Å². The van der Waals surface area contributed by atoms with Crippen LogP contribution >= 0.6 is 12.4 Å². The van der Waals surface area contributed by atoms with Crippen LogP contribution < -0.4 is 4.74 Å². The fourth-order valence-electron chi connectivity index (χ4n) is 3.76. The number of Topliss-reactive ketones (excluding diaryl/α,β-unsaturated/α-hetero) is 1. The lowest BCUT2D eigenvalue weighted by Gasteiger charge is -2.14. The number of rotatable bonds is 8. The Morgan fingerprint density at radius 1 is 1.09 bits per heavy atom. The van der Waals surface area contributed by atoms with Gasteiger partial charge in [0.15, 0.2) is 28.8 Å². The van der Waals surface area contributed by atoms with Gasteiger partial charge in [-0.25, -0.2) is 18.2 Å². The van der Waals surface area contributed by atoms with Crippen LogP contribution in [0.15, 0.2) is 60.8 Å². The standard InChI is InChI=1S/C25H21F3N2O3.ClH/c1-15-24(21(32)12-18(13-31)16-7-9-19(26)10-8-16)30-11-3-6-22(25(30)29-15)33-14-17-4-2-5-20(27)23(17)28;/h2-11,18,31H,12-14H2,1H3;1H/t18-;/m0./s1. The van der Waals surface area contributed by atoms with Gasteiger partial charge in [-0.1, -0.05) is 24.3 Å².